The maximum absolute atomic E-state index is 5.88. The smallest absolute Gasteiger partial charge is 0.226 e. The highest BCUT2D eigenvalue weighted by Crippen LogP contribution is 2.15. The van der Waals surface area contributed by atoms with Gasteiger partial charge in [0.2, 0.25) is 5.95 Å². The van der Waals surface area contributed by atoms with Gasteiger partial charge in [0, 0.05) is 26.2 Å². The van der Waals surface area contributed by atoms with Crippen LogP contribution in [0.15, 0.2) is 6.33 Å². The second-order valence-electron chi connectivity index (χ2n) is 3.59. The molecule has 5 nitrogen and oxygen atoms in total. The van der Waals surface area contributed by atoms with Crippen LogP contribution in [0.3, 0.4) is 0 Å². The summed E-state index contributed by atoms with van der Waals surface area (Å²) in [6.45, 7) is 1.94. The third kappa shape index (κ3) is 1.65. The molecule has 0 saturated carbocycles. The molecule has 5 heteroatoms. The van der Waals surface area contributed by atoms with Crippen LogP contribution in [0, 0.1) is 0 Å². The Labute approximate surface area is 77.5 Å². The highest BCUT2D eigenvalue weighted by Gasteiger charge is 2.19. The highest BCUT2D eigenvalue weighted by atomic mass is 15.4. The molecule has 13 heavy (non-hydrogen) atoms. The zero-order valence-corrected chi connectivity index (χ0v) is 7.85. The third-order valence-corrected chi connectivity index (χ3v) is 2.43. The number of aryl methyl sites for hydroxylation is 1. The van der Waals surface area contributed by atoms with Crippen molar-refractivity contribution >= 4 is 5.95 Å². The van der Waals surface area contributed by atoms with Crippen LogP contribution >= 0.6 is 0 Å². The van der Waals surface area contributed by atoms with Gasteiger partial charge in [-0.05, 0) is 12.8 Å². The molecule has 1 aromatic heterocycles. The van der Waals surface area contributed by atoms with Crippen molar-refractivity contribution in [1.29, 1.82) is 0 Å². The standard InChI is InChI=1S/C8H15N5/c1-12-6-10-11-8(12)13-4-2-3-7(9)5-13/h6-7H,2-5,9H2,1H3. The van der Waals surface area contributed by atoms with Gasteiger partial charge < -0.3 is 15.2 Å². The summed E-state index contributed by atoms with van der Waals surface area (Å²) in [5, 5.41) is 7.91. The maximum atomic E-state index is 5.88. The van der Waals surface area contributed by atoms with Gasteiger partial charge in [0.1, 0.15) is 6.33 Å². The minimum absolute atomic E-state index is 0.283. The molecule has 0 amide bonds. The normalized spacial score (nSPS) is 23.5. The Morgan fingerprint density at radius 1 is 1.62 bits per heavy atom. The fourth-order valence-corrected chi connectivity index (χ4v) is 1.76. The number of aromatic nitrogens is 3. The molecule has 1 aliphatic heterocycles. The van der Waals surface area contributed by atoms with Crippen molar-refractivity contribution in [2.45, 2.75) is 18.9 Å². The zero-order chi connectivity index (χ0) is 9.26. The molecular formula is C8H15N5. The first-order valence-corrected chi connectivity index (χ1v) is 4.62. The first-order valence-electron chi connectivity index (χ1n) is 4.62. The molecule has 2 heterocycles. The Morgan fingerprint density at radius 2 is 2.46 bits per heavy atom. The first-order chi connectivity index (χ1) is 6.27. The van der Waals surface area contributed by atoms with Crippen molar-refractivity contribution in [3.8, 4) is 0 Å². The lowest BCUT2D eigenvalue weighted by Gasteiger charge is -2.30. The minimum Gasteiger partial charge on any atom is -0.339 e. The van der Waals surface area contributed by atoms with Crippen LogP contribution in [-0.2, 0) is 7.05 Å². The second-order valence-corrected chi connectivity index (χ2v) is 3.59. The molecular weight excluding hydrogens is 166 g/mol. The summed E-state index contributed by atoms with van der Waals surface area (Å²) in [4.78, 5) is 2.20. The molecule has 0 aliphatic carbocycles. The van der Waals surface area contributed by atoms with E-state index in [2.05, 4.69) is 15.1 Å². The minimum atomic E-state index is 0.283. The summed E-state index contributed by atoms with van der Waals surface area (Å²) in [5.41, 5.74) is 5.88. The van der Waals surface area contributed by atoms with Crippen LogP contribution < -0.4 is 10.6 Å². The van der Waals surface area contributed by atoms with Crippen molar-refractivity contribution in [1.82, 2.24) is 14.8 Å². The third-order valence-electron chi connectivity index (χ3n) is 2.43. The van der Waals surface area contributed by atoms with Gasteiger partial charge in [0.15, 0.2) is 0 Å². The summed E-state index contributed by atoms with van der Waals surface area (Å²) in [5.74, 6) is 0.926. The molecule has 0 aromatic carbocycles. The number of hydrogen-bond acceptors (Lipinski definition) is 4. The first kappa shape index (κ1) is 8.50. The molecule has 1 fully saturated rings. The van der Waals surface area contributed by atoms with E-state index < -0.39 is 0 Å². The molecule has 0 spiro atoms. The van der Waals surface area contributed by atoms with Gasteiger partial charge in [-0.25, -0.2) is 0 Å². The Hall–Kier alpha value is -1.10. The average Bonchev–Trinajstić information content (AvgIpc) is 2.51. The molecule has 1 aromatic rings. The fourth-order valence-electron chi connectivity index (χ4n) is 1.76. The van der Waals surface area contributed by atoms with Gasteiger partial charge in [-0.3, -0.25) is 0 Å². The molecule has 1 atom stereocenters. The number of piperidine rings is 1. The average molecular weight is 181 g/mol. The molecule has 1 saturated heterocycles. The molecule has 0 radical (unpaired) electrons. The van der Waals surface area contributed by atoms with Crippen LogP contribution in [0.5, 0.6) is 0 Å². The van der Waals surface area contributed by atoms with E-state index in [1.54, 1.807) is 6.33 Å². The lowest BCUT2D eigenvalue weighted by Crippen LogP contribution is -2.43. The summed E-state index contributed by atoms with van der Waals surface area (Å²) < 4.78 is 1.93. The van der Waals surface area contributed by atoms with Crippen LogP contribution in [0.25, 0.3) is 0 Å². The SMILES string of the molecule is Cn1cnnc1N1CCCC(N)C1. The summed E-state index contributed by atoms with van der Waals surface area (Å²) in [7, 11) is 1.95. The number of anilines is 1. The van der Waals surface area contributed by atoms with Crippen molar-refractivity contribution < 1.29 is 0 Å². The summed E-state index contributed by atoms with van der Waals surface area (Å²) in [6.07, 6.45) is 3.98. The van der Waals surface area contributed by atoms with Crippen LogP contribution in [-0.4, -0.2) is 33.9 Å². The van der Waals surface area contributed by atoms with Crippen molar-refractivity contribution in [2.24, 2.45) is 12.8 Å². The quantitative estimate of drug-likeness (QED) is 0.648. The topological polar surface area (TPSA) is 60.0 Å². The number of nitrogens with two attached hydrogens (primary N) is 1. The van der Waals surface area contributed by atoms with Crippen molar-refractivity contribution in [3.63, 3.8) is 0 Å². The van der Waals surface area contributed by atoms with Crippen molar-refractivity contribution in [3.05, 3.63) is 6.33 Å². The Kier molecular flexibility index (Phi) is 2.18. The Bertz CT molecular complexity index is 282. The van der Waals surface area contributed by atoms with E-state index >= 15 is 0 Å². The molecule has 0 bridgehead atoms. The van der Waals surface area contributed by atoms with E-state index in [1.807, 2.05) is 11.6 Å². The van der Waals surface area contributed by atoms with Gasteiger partial charge in [-0.1, -0.05) is 0 Å². The van der Waals surface area contributed by atoms with Gasteiger partial charge >= 0.3 is 0 Å². The number of hydrogen-bond donors (Lipinski definition) is 1. The van der Waals surface area contributed by atoms with Gasteiger partial charge in [-0.15, -0.1) is 10.2 Å². The molecule has 1 aliphatic rings. The van der Waals surface area contributed by atoms with Gasteiger partial charge in [-0.2, -0.15) is 0 Å². The Morgan fingerprint density at radius 3 is 3.08 bits per heavy atom. The van der Waals surface area contributed by atoms with E-state index in [1.165, 1.54) is 0 Å². The molecule has 72 valence electrons. The van der Waals surface area contributed by atoms with Crippen LogP contribution in [0.4, 0.5) is 5.95 Å². The molecule has 2 rings (SSSR count). The highest BCUT2D eigenvalue weighted by molar-refractivity contribution is 5.30. The largest absolute Gasteiger partial charge is 0.339 e. The van der Waals surface area contributed by atoms with Gasteiger partial charge in [0.25, 0.3) is 0 Å². The monoisotopic (exact) mass is 181 g/mol. The molecule has 1 unspecified atom stereocenters. The molecule has 2 N–H and O–H groups in total. The number of nitrogens with zero attached hydrogens (tertiary/aromatic N) is 4. The zero-order valence-electron chi connectivity index (χ0n) is 7.85. The number of rotatable bonds is 1. The lowest BCUT2D eigenvalue weighted by molar-refractivity contribution is 0.496. The van der Waals surface area contributed by atoms with Gasteiger partial charge in [0.05, 0.1) is 0 Å². The van der Waals surface area contributed by atoms with Crippen molar-refractivity contribution in [2.75, 3.05) is 18.0 Å². The van der Waals surface area contributed by atoms with E-state index in [9.17, 15) is 0 Å². The maximum Gasteiger partial charge on any atom is 0.226 e. The van der Waals surface area contributed by atoms with E-state index in [4.69, 9.17) is 5.73 Å². The van der Waals surface area contributed by atoms with Crippen LogP contribution in [0.2, 0.25) is 0 Å². The van der Waals surface area contributed by atoms with E-state index in [0.717, 1.165) is 31.9 Å². The predicted molar refractivity (Wildman–Crippen MR) is 50.4 cm³/mol. The summed E-state index contributed by atoms with van der Waals surface area (Å²) in [6, 6.07) is 0.283. The Balaban J connectivity index is 2.12. The van der Waals surface area contributed by atoms with Crippen LogP contribution in [0.1, 0.15) is 12.8 Å². The fraction of sp³-hybridized carbons (Fsp3) is 0.750. The second kappa shape index (κ2) is 3.33. The summed E-state index contributed by atoms with van der Waals surface area (Å²) >= 11 is 0. The lowest BCUT2D eigenvalue weighted by atomic mass is 10.1. The van der Waals surface area contributed by atoms with E-state index in [0.29, 0.717) is 0 Å². The van der Waals surface area contributed by atoms with E-state index in [-0.39, 0.29) is 6.04 Å². The predicted octanol–water partition coefficient (Wildman–Crippen LogP) is -0.257.